The minimum absolute atomic E-state index is 0. The number of fused-ring (bicyclic) bond motifs is 2. The van der Waals surface area contributed by atoms with E-state index in [0.29, 0.717) is 61.5 Å². The van der Waals surface area contributed by atoms with Crippen molar-refractivity contribution in [2.75, 3.05) is 49.2 Å². The number of rotatable bonds is 7. The molecule has 0 N–H and O–H groups in total. The summed E-state index contributed by atoms with van der Waals surface area (Å²) in [7, 11) is 1.74. The Morgan fingerprint density at radius 3 is 2.19 bits per heavy atom. The van der Waals surface area contributed by atoms with Crippen molar-refractivity contribution >= 4 is 46.0 Å². The van der Waals surface area contributed by atoms with Gasteiger partial charge in [-0.25, -0.2) is 9.78 Å². The van der Waals surface area contributed by atoms with Crippen molar-refractivity contribution in [1.29, 1.82) is 0 Å². The van der Waals surface area contributed by atoms with Crippen LogP contribution in [0.2, 0.25) is 0 Å². The summed E-state index contributed by atoms with van der Waals surface area (Å²) in [6.07, 6.45) is 3.58. The van der Waals surface area contributed by atoms with Crippen LogP contribution < -0.4 is 30.5 Å². The highest BCUT2D eigenvalue weighted by Crippen LogP contribution is 2.38. The van der Waals surface area contributed by atoms with Crippen molar-refractivity contribution in [1.82, 2.24) is 19.1 Å². The summed E-state index contributed by atoms with van der Waals surface area (Å²) in [5, 5.41) is 1.49. The highest BCUT2D eigenvalue weighted by molar-refractivity contribution is 5.93. The van der Waals surface area contributed by atoms with Gasteiger partial charge in [-0.05, 0) is 64.7 Å². The van der Waals surface area contributed by atoms with E-state index in [-0.39, 0.29) is 29.7 Å². The Hall–Kier alpha value is -3.79. The van der Waals surface area contributed by atoms with E-state index in [0.717, 1.165) is 54.2 Å². The highest BCUT2D eigenvalue weighted by atomic mass is 35.5. The number of halogens is 1. The Bertz CT molecular complexity index is 1720. The minimum Gasteiger partial charge on any atom is -0.490 e. The zero-order chi connectivity index (χ0) is 28.7. The number of piperidine rings is 1. The molecule has 2 aromatic heterocycles. The molecular formula is C31H39ClN6O4. The number of anilines is 2. The van der Waals surface area contributed by atoms with Crippen LogP contribution in [0.5, 0.6) is 11.5 Å². The fourth-order valence-electron chi connectivity index (χ4n) is 6.20. The zero-order valence-electron chi connectivity index (χ0n) is 24.8. The Morgan fingerprint density at radius 1 is 0.857 bits per heavy atom. The molecule has 2 aromatic carbocycles. The van der Waals surface area contributed by atoms with Crippen LogP contribution >= 0.6 is 12.4 Å². The monoisotopic (exact) mass is 594 g/mol. The number of ether oxygens (including phenoxy) is 2. The molecule has 0 aliphatic carbocycles. The number of hydrogen-bond acceptors (Lipinski definition) is 8. The van der Waals surface area contributed by atoms with Gasteiger partial charge >= 0.3 is 5.69 Å². The first kappa shape index (κ1) is 29.7. The van der Waals surface area contributed by atoms with Crippen LogP contribution in [-0.2, 0) is 7.05 Å². The Labute approximate surface area is 251 Å². The summed E-state index contributed by atoms with van der Waals surface area (Å²) >= 11 is 0. The number of aryl methyl sites for hydroxylation is 2. The second-order valence-corrected chi connectivity index (χ2v) is 11.0. The van der Waals surface area contributed by atoms with Crippen molar-refractivity contribution in [2.45, 2.75) is 52.5 Å². The van der Waals surface area contributed by atoms with Gasteiger partial charge in [-0.15, -0.1) is 12.4 Å². The first-order valence-electron chi connectivity index (χ1n) is 14.7. The van der Waals surface area contributed by atoms with E-state index in [1.54, 1.807) is 11.6 Å². The second kappa shape index (κ2) is 12.2. The minimum atomic E-state index is -0.265. The molecule has 0 unspecified atom stereocenters. The predicted molar refractivity (Wildman–Crippen MR) is 169 cm³/mol. The summed E-state index contributed by atoms with van der Waals surface area (Å²) in [4.78, 5) is 41.4. The first-order valence-corrected chi connectivity index (χ1v) is 14.7. The van der Waals surface area contributed by atoms with Crippen molar-refractivity contribution in [3.63, 3.8) is 0 Å². The van der Waals surface area contributed by atoms with Crippen molar-refractivity contribution in [2.24, 2.45) is 7.05 Å². The Kier molecular flexibility index (Phi) is 8.63. The van der Waals surface area contributed by atoms with Crippen LogP contribution in [0.3, 0.4) is 0 Å². The van der Waals surface area contributed by atoms with E-state index < -0.39 is 0 Å². The topological polar surface area (TPSA) is 94.7 Å². The summed E-state index contributed by atoms with van der Waals surface area (Å²) < 4.78 is 14.9. The lowest BCUT2D eigenvalue weighted by Gasteiger charge is -2.34. The molecule has 0 bridgehead atoms. The molecule has 2 aliphatic rings. The molecule has 2 fully saturated rings. The van der Waals surface area contributed by atoms with Crippen LogP contribution in [-0.4, -0.2) is 58.5 Å². The normalized spacial score (nSPS) is 15.8. The first-order chi connectivity index (χ1) is 19.9. The van der Waals surface area contributed by atoms with E-state index in [9.17, 15) is 9.59 Å². The van der Waals surface area contributed by atoms with E-state index in [2.05, 4.69) is 9.80 Å². The SMILES string of the molecule is CCOc1cc2nc(N3CCCC3)nc(N3CCC(n4c(=O)c5cc(C)ccc5n(C)c4=O)CC3)c2cc1OCC.Cl. The van der Waals surface area contributed by atoms with E-state index >= 15 is 0 Å². The maximum Gasteiger partial charge on any atom is 0.331 e. The van der Waals surface area contributed by atoms with Gasteiger partial charge < -0.3 is 19.3 Å². The van der Waals surface area contributed by atoms with E-state index in [1.165, 1.54) is 4.57 Å². The molecule has 42 heavy (non-hydrogen) atoms. The smallest absolute Gasteiger partial charge is 0.331 e. The largest absolute Gasteiger partial charge is 0.490 e. The quantitative estimate of drug-likeness (QED) is 0.306. The number of aromatic nitrogens is 4. The van der Waals surface area contributed by atoms with Gasteiger partial charge in [0.1, 0.15) is 5.82 Å². The van der Waals surface area contributed by atoms with Crippen LogP contribution in [0.4, 0.5) is 11.8 Å². The fourth-order valence-corrected chi connectivity index (χ4v) is 6.20. The molecular weight excluding hydrogens is 556 g/mol. The summed E-state index contributed by atoms with van der Waals surface area (Å²) in [5.41, 5.74) is 2.01. The maximum absolute atomic E-state index is 13.5. The van der Waals surface area contributed by atoms with Gasteiger partial charge in [-0.3, -0.25) is 13.9 Å². The van der Waals surface area contributed by atoms with E-state index in [1.807, 2.05) is 51.1 Å². The molecule has 2 saturated heterocycles. The molecule has 0 atom stereocenters. The summed E-state index contributed by atoms with van der Waals surface area (Å²) in [6, 6.07) is 9.43. The molecule has 224 valence electrons. The zero-order valence-corrected chi connectivity index (χ0v) is 25.6. The third kappa shape index (κ3) is 5.28. The molecule has 10 nitrogen and oxygen atoms in total. The maximum atomic E-state index is 13.5. The van der Waals surface area contributed by atoms with Gasteiger partial charge in [-0.1, -0.05) is 11.6 Å². The molecule has 0 radical (unpaired) electrons. The lowest BCUT2D eigenvalue weighted by molar-refractivity contribution is 0.288. The van der Waals surface area contributed by atoms with Crippen LogP contribution in [0.15, 0.2) is 39.9 Å². The Balaban J connectivity index is 0.00000353. The van der Waals surface area contributed by atoms with Crippen molar-refractivity contribution in [3.8, 4) is 11.5 Å². The molecule has 6 rings (SSSR count). The van der Waals surface area contributed by atoms with Crippen molar-refractivity contribution in [3.05, 3.63) is 56.7 Å². The molecule has 11 heteroatoms. The van der Waals surface area contributed by atoms with Gasteiger partial charge in [0.05, 0.1) is 29.6 Å². The van der Waals surface area contributed by atoms with Crippen LogP contribution in [0.25, 0.3) is 21.8 Å². The number of nitrogens with zero attached hydrogens (tertiary/aromatic N) is 6. The van der Waals surface area contributed by atoms with Gasteiger partial charge in [0.15, 0.2) is 11.5 Å². The average Bonchev–Trinajstić information content (AvgIpc) is 3.52. The Morgan fingerprint density at radius 2 is 1.52 bits per heavy atom. The molecule has 4 aromatic rings. The summed E-state index contributed by atoms with van der Waals surface area (Å²) in [6.45, 7) is 10.1. The number of hydrogen-bond donors (Lipinski definition) is 0. The standard InChI is InChI=1S/C31H38N6O4.ClH/c1-5-40-26-18-22-24(19-27(26)41-6-2)32-30(36-13-7-8-14-36)33-28(22)35-15-11-21(12-16-35)37-29(38)23-17-20(3)9-10-25(23)34(4)31(37)39;/h9-10,17-19,21H,5-8,11-16H2,1-4H3;1H. The van der Waals surface area contributed by atoms with Crippen molar-refractivity contribution < 1.29 is 9.47 Å². The van der Waals surface area contributed by atoms with Gasteiger partial charge in [0.25, 0.3) is 5.56 Å². The van der Waals surface area contributed by atoms with E-state index in [4.69, 9.17) is 19.4 Å². The number of benzene rings is 2. The predicted octanol–water partition coefficient (Wildman–Crippen LogP) is 4.61. The average molecular weight is 595 g/mol. The lowest BCUT2D eigenvalue weighted by Crippen LogP contribution is -2.45. The molecule has 0 spiro atoms. The second-order valence-electron chi connectivity index (χ2n) is 11.0. The highest BCUT2D eigenvalue weighted by Gasteiger charge is 2.28. The van der Waals surface area contributed by atoms with Gasteiger partial charge in [-0.2, -0.15) is 4.98 Å². The third-order valence-electron chi connectivity index (χ3n) is 8.30. The fraction of sp³-hybridized carbons (Fsp3) is 0.484. The summed E-state index contributed by atoms with van der Waals surface area (Å²) in [5.74, 6) is 2.94. The molecule has 0 saturated carbocycles. The van der Waals surface area contributed by atoms with Gasteiger partial charge in [0.2, 0.25) is 5.95 Å². The van der Waals surface area contributed by atoms with Crippen LogP contribution in [0.1, 0.15) is 51.1 Å². The van der Waals surface area contributed by atoms with Gasteiger partial charge in [0, 0.05) is 50.7 Å². The molecule has 0 amide bonds. The molecule has 2 aliphatic heterocycles. The lowest BCUT2D eigenvalue weighted by atomic mass is 10.0. The third-order valence-corrected chi connectivity index (χ3v) is 8.30. The molecule has 4 heterocycles. The van der Waals surface area contributed by atoms with Crippen LogP contribution in [0, 0.1) is 6.92 Å².